The molecular weight excluding hydrogens is 426 g/mol. The van der Waals surface area contributed by atoms with Gasteiger partial charge in [0.25, 0.3) is 0 Å². The molecule has 2 fully saturated rings. The van der Waals surface area contributed by atoms with Crippen molar-refractivity contribution in [3.05, 3.63) is 32.2 Å². The minimum Gasteiger partial charge on any atom is -0.378 e. The van der Waals surface area contributed by atoms with Gasteiger partial charge >= 0.3 is 0 Å². The molecule has 0 saturated carbocycles. The molecule has 124 valence electrons. The van der Waals surface area contributed by atoms with E-state index in [0.29, 0.717) is 19.4 Å². The SMILES string of the molecule is CCC1CC2(CCO1)NC(=O)C(c1c(Br)cc(C)cc1Br)C2=O. The quantitative estimate of drug-likeness (QED) is 0.708. The number of rotatable bonds is 2. The molecule has 2 heterocycles. The van der Waals surface area contributed by atoms with Crippen molar-refractivity contribution in [1.82, 2.24) is 5.32 Å². The van der Waals surface area contributed by atoms with Crippen LogP contribution in [0.15, 0.2) is 21.1 Å². The number of nitrogens with one attached hydrogen (secondary N) is 1. The monoisotopic (exact) mass is 443 g/mol. The van der Waals surface area contributed by atoms with Crippen molar-refractivity contribution >= 4 is 43.6 Å². The van der Waals surface area contributed by atoms with Gasteiger partial charge < -0.3 is 10.1 Å². The number of hydrogen-bond donors (Lipinski definition) is 1. The highest BCUT2D eigenvalue weighted by molar-refractivity contribution is 9.11. The van der Waals surface area contributed by atoms with Crippen LogP contribution in [-0.4, -0.2) is 29.9 Å². The van der Waals surface area contributed by atoms with Crippen LogP contribution in [0.4, 0.5) is 0 Å². The van der Waals surface area contributed by atoms with Crippen LogP contribution in [0.3, 0.4) is 0 Å². The molecular formula is C17H19Br2NO3. The molecule has 0 aromatic heterocycles. The molecule has 1 aromatic rings. The highest BCUT2D eigenvalue weighted by atomic mass is 79.9. The predicted molar refractivity (Wildman–Crippen MR) is 94.5 cm³/mol. The second-order valence-corrected chi connectivity index (χ2v) is 8.07. The molecule has 1 N–H and O–H groups in total. The first-order valence-corrected chi connectivity index (χ1v) is 9.40. The summed E-state index contributed by atoms with van der Waals surface area (Å²) >= 11 is 7.03. The zero-order valence-electron chi connectivity index (χ0n) is 13.1. The van der Waals surface area contributed by atoms with Crippen LogP contribution in [0.5, 0.6) is 0 Å². The Morgan fingerprint density at radius 3 is 2.57 bits per heavy atom. The second kappa shape index (κ2) is 6.30. The van der Waals surface area contributed by atoms with Gasteiger partial charge in [0.15, 0.2) is 5.78 Å². The summed E-state index contributed by atoms with van der Waals surface area (Å²) in [5.41, 5.74) is 1.00. The highest BCUT2D eigenvalue weighted by Crippen LogP contribution is 2.42. The smallest absolute Gasteiger partial charge is 0.236 e. The average Bonchev–Trinajstić information content (AvgIpc) is 2.70. The topological polar surface area (TPSA) is 55.4 Å². The number of aryl methyl sites for hydroxylation is 1. The van der Waals surface area contributed by atoms with Gasteiger partial charge in [-0.25, -0.2) is 0 Å². The summed E-state index contributed by atoms with van der Waals surface area (Å²) in [7, 11) is 0. The van der Waals surface area contributed by atoms with Gasteiger partial charge in [0.2, 0.25) is 5.91 Å². The summed E-state index contributed by atoms with van der Waals surface area (Å²) in [6.07, 6.45) is 1.97. The third-order valence-corrected chi connectivity index (χ3v) is 6.10. The standard InChI is InChI=1S/C17H19Br2NO3/c1-3-10-8-17(4-5-23-10)15(21)14(16(22)20-17)13-11(18)6-9(2)7-12(13)19/h6-7,10,14H,3-5,8H2,1-2H3,(H,20,22). The summed E-state index contributed by atoms with van der Waals surface area (Å²) in [5, 5.41) is 2.99. The molecule has 1 spiro atoms. The Labute approximate surface area is 152 Å². The van der Waals surface area contributed by atoms with E-state index in [1.807, 2.05) is 26.0 Å². The zero-order valence-corrected chi connectivity index (χ0v) is 16.3. The average molecular weight is 445 g/mol. The fraction of sp³-hybridized carbons (Fsp3) is 0.529. The minimum absolute atomic E-state index is 0.0247. The zero-order chi connectivity index (χ0) is 16.8. The van der Waals surface area contributed by atoms with E-state index < -0.39 is 11.5 Å². The lowest BCUT2D eigenvalue weighted by Gasteiger charge is -2.36. The lowest BCUT2D eigenvalue weighted by molar-refractivity contribution is -0.129. The van der Waals surface area contributed by atoms with Crippen LogP contribution in [0.2, 0.25) is 0 Å². The van der Waals surface area contributed by atoms with Gasteiger partial charge in [-0.1, -0.05) is 38.8 Å². The number of ether oxygens (including phenoxy) is 1. The number of amides is 1. The van der Waals surface area contributed by atoms with E-state index in [4.69, 9.17) is 4.74 Å². The minimum atomic E-state index is -0.773. The molecule has 2 saturated heterocycles. The number of halogens is 2. The van der Waals surface area contributed by atoms with Gasteiger partial charge in [-0.15, -0.1) is 0 Å². The van der Waals surface area contributed by atoms with E-state index in [0.717, 1.165) is 26.5 Å². The molecule has 0 bridgehead atoms. The lowest BCUT2D eigenvalue weighted by atomic mass is 9.79. The molecule has 23 heavy (non-hydrogen) atoms. The molecule has 4 nitrogen and oxygen atoms in total. The Balaban J connectivity index is 2.00. The fourth-order valence-corrected chi connectivity index (χ4v) is 5.44. The lowest BCUT2D eigenvalue weighted by Crippen LogP contribution is -2.53. The van der Waals surface area contributed by atoms with Gasteiger partial charge in [-0.05, 0) is 31.0 Å². The third kappa shape index (κ3) is 2.89. The Hall–Kier alpha value is -0.720. The molecule has 3 unspecified atom stereocenters. The van der Waals surface area contributed by atoms with Gasteiger partial charge in [0.1, 0.15) is 11.5 Å². The first kappa shape index (κ1) is 17.1. The number of ketones is 1. The number of carbonyl (C=O) groups excluding carboxylic acids is 2. The number of benzene rings is 1. The Morgan fingerprint density at radius 2 is 1.96 bits per heavy atom. The maximum Gasteiger partial charge on any atom is 0.236 e. The molecule has 3 rings (SSSR count). The van der Waals surface area contributed by atoms with E-state index in [2.05, 4.69) is 37.2 Å². The molecule has 2 aliphatic heterocycles. The Morgan fingerprint density at radius 1 is 1.30 bits per heavy atom. The van der Waals surface area contributed by atoms with E-state index in [-0.39, 0.29) is 17.8 Å². The molecule has 1 amide bonds. The summed E-state index contributed by atoms with van der Waals surface area (Å²) in [6.45, 7) is 4.52. The summed E-state index contributed by atoms with van der Waals surface area (Å²) in [6, 6.07) is 3.87. The van der Waals surface area contributed by atoms with Crippen LogP contribution >= 0.6 is 31.9 Å². The molecule has 3 atom stereocenters. The fourth-order valence-electron chi connectivity index (χ4n) is 3.56. The van der Waals surface area contributed by atoms with Crippen LogP contribution in [0.25, 0.3) is 0 Å². The summed E-state index contributed by atoms with van der Waals surface area (Å²) in [5.74, 6) is -1.01. The maximum absolute atomic E-state index is 13.2. The second-order valence-electron chi connectivity index (χ2n) is 6.37. The van der Waals surface area contributed by atoms with Crippen molar-refractivity contribution in [2.45, 2.75) is 50.7 Å². The van der Waals surface area contributed by atoms with Crippen molar-refractivity contribution in [3.63, 3.8) is 0 Å². The molecule has 0 aliphatic carbocycles. The van der Waals surface area contributed by atoms with E-state index in [9.17, 15) is 9.59 Å². The van der Waals surface area contributed by atoms with Crippen LogP contribution in [0, 0.1) is 6.92 Å². The Bertz CT molecular complexity index is 653. The summed E-state index contributed by atoms with van der Waals surface area (Å²) in [4.78, 5) is 25.8. The van der Waals surface area contributed by atoms with Crippen LogP contribution in [0.1, 0.15) is 43.2 Å². The van der Waals surface area contributed by atoms with E-state index in [1.165, 1.54) is 0 Å². The molecule has 6 heteroatoms. The van der Waals surface area contributed by atoms with Gasteiger partial charge in [-0.2, -0.15) is 0 Å². The van der Waals surface area contributed by atoms with Crippen molar-refractivity contribution in [2.75, 3.05) is 6.61 Å². The number of Topliss-reactive ketones (excluding diaryl/α,β-unsaturated/α-hetero) is 1. The number of carbonyl (C=O) groups is 2. The molecule has 1 aromatic carbocycles. The first-order chi connectivity index (χ1) is 10.9. The van der Waals surface area contributed by atoms with Crippen LogP contribution < -0.4 is 5.32 Å². The van der Waals surface area contributed by atoms with Gasteiger partial charge in [-0.3, -0.25) is 9.59 Å². The Kier molecular flexibility index (Phi) is 4.69. The van der Waals surface area contributed by atoms with E-state index >= 15 is 0 Å². The largest absolute Gasteiger partial charge is 0.378 e. The third-order valence-electron chi connectivity index (χ3n) is 4.78. The normalized spacial score (nSPS) is 30.8. The predicted octanol–water partition coefficient (Wildman–Crippen LogP) is 3.63. The number of hydrogen-bond acceptors (Lipinski definition) is 3. The van der Waals surface area contributed by atoms with Crippen molar-refractivity contribution in [3.8, 4) is 0 Å². The maximum atomic E-state index is 13.2. The van der Waals surface area contributed by atoms with Gasteiger partial charge in [0.05, 0.1) is 6.10 Å². The first-order valence-electron chi connectivity index (χ1n) is 7.81. The highest BCUT2D eigenvalue weighted by Gasteiger charge is 2.55. The van der Waals surface area contributed by atoms with Crippen LogP contribution in [-0.2, 0) is 14.3 Å². The van der Waals surface area contributed by atoms with Crippen molar-refractivity contribution in [2.24, 2.45) is 0 Å². The van der Waals surface area contributed by atoms with Crippen molar-refractivity contribution < 1.29 is 14.3 Å². The molecule has 2 aliphatic rings. The molecule has 0 radical (unpaired) electrons. The summed E-state index contributed by atoms with van der Waals surface area (Å²) < 4.78 is 7.25. The van der Waals surface area contributed by atoms with Gasteiger partial charge in [0, 0.05) is 34.0 Å². The van der Waals surface area contributed by atoms with E-state index in [1.54, 1.807) is 0 Å². The van der Waals surface area contributed by atoms with Crippen molar-refractivity contribution in [1.29, 1.82) is 0 Å².